The molecule has 2 heterocycles. The first-order valence-corrected chi connectivity index (χ1v) is 12.9. The molecule has 0 atom stereocenters. The summed E-state index contributed by atoms with van der Waals surface area (Å²) in [5.74, 6) is 2.07. The maximum Gasteiger partial charge on any atom is 0.152 e. The van der Waals surface area contributed by atoms with Crippen molar-refractivity contribution in [2.75, 3.05) is 31.7 Å². The minimum absolute atomic E-state index is 0.161. The Hall–Kier alpha value is -2.07. The molecule has 0 spiro atoms. The SMILES string of the molecule is CCOCc1nc2c(N)nc3cc(OCCCCCCN)ccc3c2n1CC(C)(C)NSC. The van der Waals surface area contributed by atoms with Crippen molar-refractivity contribution >= 4 is 39.7 Å². The van der Waals surface area contributed by atoms with Gasteiger partial charge >= 0.3 is 0 Å². The van der Waals surface area contributed by atoms with Crippen LogP contribution < -0.4 is 20.9 Å². The fourth-order valence-corrected chi connectivity index (χ4v) is 4.61. The number of nitrogens with one attached hydrogen (secondary N) is 1. The van der Waals surface area contributed by atoms with Crippen molar-refractivity contribution in [3.05, 3.63) is 24.0 Å². The van der Waals surface area contributed by atoms with Crippen LogP contribution in [0.1, 0.15) is 52.3 Å². The number of nitrogens with two attached hydrogens (primary N) is 2. The van der Waals surface area contributed by atoms with Gasteiger partial charge in [0.25, 0.3) is 0 Å². The van der Waals surface area contributed by atoms with Crippen LogP contribution in [0.2, 0.25) is 0 Å². The van der Waals surface area contributed by atoms with Crippen LogP contribution in [-0.2, 0) is 17.9 Å². The van der Waals surface area contributed by atoms with E-state index in [1.807, 2.05) is 25.3 Å². The Bertz CT molecular complexity index is 1050. The number of unbranched alkanes of at least 4 members (excludes halogenated alkanes) is 3. The van der Waals surface area contributed by atoms with Crippen LogP contribution in [0.15, 0.2) is 18.2 Å². The zero-order chi connectivity index (χ0) is 23.8. The highest BCUT2D eigenvalue weighted by Gasteiger charge is 2.24. The highest BCUT2D eigenvalue weighted by molar-refractivity contribution is 7.96. The molecule has 3 aromatic rings. The highest BCUT2D eigenvalue weighted by Crippen LogP contribution is 2.32. The third kappa shape index (κ3) is 6.50. The Morgan fingerprint density at radius 1 is 1.15 bits per heavy atom. The molecule has 0 amide bonds. The number of aromatic nitrogens is 3. The van der Waals surface area contributed by atoms with Crippen molar-refractivity contribution in [3.8, 4) is 5.75 Å². The summed E-state index contributed by atoms with van der Waals surface area (Å²) in [5.41, 5.74) is 14.3. The van der Waals surface area contributed by atoms with Gasteiger partial charge in [0.2, 0.25) is 0 Å². The van der Waals surface area contributed by atoms with Crippen molar-refractivity contribution in [2.24, 2.45) is 5.73 Å². The molecule has 0 aliphatic rings. The van der Waals surface area contributed by atoms with Gasteiger partial charge in [-0.05, 0) is 58.5 Å². The normalized spacial score (nSPS) is 12.2. The van der Waals surface area contributed by atoms with E-state index in [1.54, 1.807) is 11.9 Å². The van der Waals surface area contributed by atoms with Crippen molar-refractivity contribution in [1.29, 1.82) is 0 Å². The first kappa shape index (κ1) is 25.6. The second-order valence-electron chi connectivity index (χ2n) is 8.87. The van der Waals surface area contributed by atoms with Crippen molar-refractivity contribution < 1.29 is 9.47 Å². The van der Waals surface area contributed by atoms with E-state index in [2.05, 4.69) is 34.2 Å². The van der Waals surface area contributed by atoms with E-state index in [0.717, 1.165) is 60.2 Å². The van der Waals surface area contributed by atoms with E-state index in [9.17, 15) is 0 Å². The number of hydrogen-bond donors (Lipinski definition) is 3. The van der Waals surface area contributed by atoms with Gasteiger partial charge in [-0.15, -0.1) is 0 Å². The summed E-state index contributed by atoms with van der Waals surface area (Å²) >= 11 is 1.61. The van der Waals surface area contributed by atoms with Gasteiger partial charge in [0, 0.05) is 30.1 Å². The average molecular weight is 475 g/mol. The fraction of sp³-hybridized carbons (Fsp3) is 0.583. The number of ether oxygens (including phenoxy) is 2. The van der Waals surface area contributed by atoms with Crippen LogP contribution in [0.25, 0.3) is 21.9 Å². The lowest BCUT2D eigenvalue weighted by Gasteiger charge is -2.27. The topological polar surface area (TPSA) is 113 Å². The van der Waals surface area contributed by atoms with Crippen molar-refractivity contribution in [2.45, 2.75) is 65.1 Å². The van der Waals surface area contributed by atoms with E-state index in [1.165, 1.54) is 0 Å². The van der Waals surface area contributed by atoms with Crippen LogP contribution in [0.5, 0.6) is 5.75 Å². The molecule has 0 unspecified atom stereocenters. The number of hydrogen-bond acceptors (Lipinski definition) is 8. The lowest BCUT2D eigenvalue weighted by molar-refractivity contribution is 0.125. The van der Waals surface area contributed by atoms with Gasteiger partial charge in [0.1, 0.15) is 23.7 Å². The third-order valence-electron chi connectivity index (χ3n) is 5.49. The predicted molar refractivity (Wildman–Crippen MR) is 139 cm³/mol. The zero-order valence-electron chi connectivity index (χ0n) is 20.3. The summed E-state index contributed by atoms with van der Waals surface area (Å²) in [6.07, 6.45) is 6.38. The molecule has 0 radical (unpaired) electrons. The Labute approximate surface area is 200 Å². The van der Waals surface area contributed by atoms with Crippen LogP contribution in [0.3, 0.4) is 0 Å². The Morgan fingerprint density at radius 2 is 1.94 bits per heavy atom. The number of nitrogen functional groups attached to an aromatic ring is 1. The quantitative estimate of drug-likeness (QED) is 0.235. The summed E-state index contributed by atoms with van der Waals surface area (Å²) in [6, 6.07) is 6.03. The molecule has 33 heavy (non-hydrogen) atoms. The number of imidazole rings is 1. The van der Waals surface area contributed by atoms with Crippen LogP contribution in [-0.4, -0.2) is 46.1 Å². The number of fused-ring (bicyclic) bond motifs is 3. The molecular formula is C24H38N6O2S. The number of rotatable bonds is 14. The zero-order valence-corrected chi connectivity index (χ0v) is 21.1. The Balaban J connectivity index is 1.96. The molecule has 0 aliphatic carbocycles. The summed E-state index contributed by atoms with van der Waals surface area (Å²) in [5, 5.41) is 1.00. The predicted octanol–water partition coefficient (Wildman–Crippen LogP) is 4.25. The maximum absolute atomic E-state index is 6.38. The maximum atomic E-state index is 6.38. The molecule has 0 fully saturated rings. The average Bonchev–Trinajstić information content (AvgIpc) is 3.12. The molecule has 0 aliphatic heterocycles. The minimum atomic E-state index is -0.161. The second kappa shape index (κ2) is 11.9. The summed E-state index contributed by atoms with van der Waals surface area (Å²) in [6.45, 7) is 9.52. The van der Waals surface area contributed by atoms with Crippen molar-refractivity contribution in [3.63, 3.8) is 0 Å². The third-order valence-corrected chi connectivity index (χ3v) is 6.25. The number of pyridine rings is 1. The number of benzene rings is 1. The Morgan fingerprint density at radius 3 is 2.67 bits per heavy atom. The Kier molecular flexibility index (Phi) is 9.19. The number of nitrogens with zero attached hydrogens (tertiary/aromatic N) is 3. The monoisotopic (exact) mass is 474 g/mol. The summed E-state index contributed by atoms with van der Waals surface area (Å²) in [4.78, 5) is 9.48. The molecule has 0 saturated heterocycles. The largest absolute Gasteiger partial charge is 0.494 e. The van der Waals surface area contributed by atoms with Gasteiger partial charge in [-0.1, -0.05) is 24.8 Å². The molecule has 1 aromatic carbocycles. The molecule has 8 nitrogen and oxygen atoms in total. The molecule has 9 heteroatoms. The first-order chi connectivity index (χ1) is 15.9. The molecule has 0 saturated carbocycles. The first-order valence-electron chi connectivity index (χ1n) is 11.7. The minimum Gasteiger partial charge on any atom is -0.494 e. The standard InChI is InChI=1S/C24H38N6O2S/c1-5-31-15-20-28-21-22(30(20)16-24(2,3)29-33-4)18-11-10-17(14-19(18)27-23(21)26)32-13-9-7-6-8-12-25/h10-11,14,29H,5-9,12-13,15-16,25H2,1-4H3,(H2,26,27). The second-order valence-corrected chi connectivity index (χ2v) is 9.48. The van der Waals surface area contributed by atoms with Gasteiger partial charge in [-0.25, -0.2) is 9.97 Å². The van der Waals surface area contributed by atoms with Gasteiger partial charge in [0.05, 0.1) is 17.6 Å². The molecule has 182 valence electrons. The van der Waals surface area contributed by atoms with Crippen LogP contribution in [0.4, 0.5) is 5.82 Å². The van der Waals surface area contributed by atoms with E-state index < -0.39 is 0 Å². The van der Waals surface area contributed by atoms with E-state index >= 15 is 0 Å². The highest BCUT2D eigenvalue weighted by atomic mass is 32.2. The molecular weight excluding hydrogens is 436 g/mol. The van der Waals surface area contributed by atoms with Gasteiger partial charge in [-0.3, -0.25) is 4.72 Å². The van der Waals surface area contributed by atoms with Gasteiger partial charge in [0.15, 0.2) is 5.82 Å². The van der Waals surface area contributed by atoms with Crippen molar-refractivity contribution in [1.82, 2.24) is 19.3 Å². The summed E-state index contributed by atoms with van der Waals surface area (Å²) < 4.78 is 17.4. The molecule has 0 bridgehead atoms. The number of anilines is 1. The molecule has 3 rings (SSSR count). The van der Waals surface area contributed by atoms with E-state index in [4.69, 9.17) is 25.9 Å². The van der Waals surface area contributed by atoms with Gasteiger partial charge in [-0.2, -0.15) is 0 Å². The van der Waals surface area contributed by atoms with Crippen LogP contribution >= 0.6 is 11.9 Å². The summed E-state index contributed by atoms with van der Waals surface area (Å²) in [7, 11) is 0. The van der Waals surface area contributed by atoms with Gasteiger partial charge < -0.3 is 25.5 Å². The lowest BCUT2D eigenvalue weighted by Crippen LogP contribution is -2.39. The van der Waals surface area contributed by atoms with E-state index in [-0.39, 0.29) is 5.54 Å². The lowest BCUT2D eigenvalue weighted by atomic mass is 10.1. The van der Waals surface area contributed by atoms with Crippen LogP contribution in [0, 0.1) is 0 Å². The fourth-order valence-electron chi connectivity index (χ4n) is 4.00. The molecule has 5 N–H and O–H groups in total. The molecule has 2 aromatic heterocycles. The smallest absolute Gasteiger partial charge is 0.152 e. The van der Waals surface area contributed by atoms with E-state index in [0.29, 0.717) is 37.7 Å².